The lowest BCUT2D eigenvalue weighted by Gasteiger charge is -2.19. The van der Waals surface area contributed by atoms with Gasteiger partial charge in [0, 0.05) is 11.1 Å². The molecule has 0 atom stereocenters. The second-order valence-electron chi connectivity index (χ2n) is 6.93. The van der Waals surface area contributed by atoms with Gasteiger partial charge < -0.3 is 20.5 Å². The van der Waals surface area contributed by atoms with E-state index in [1.165, 1.54) is 0 Å². The number of anilines is 3. The van der Waals surface area contributed by atoms with Crippen molar-refractivity contribution in [3.05, 3.63) is 38.6 Å². The molecule has 3 N–H and O–H groups in total. The lowest BCUT2D eigenvalue weighted by molar-refractivity contribution is 0.0523. The summed E-state index contributed by atoms with van der Waals surface area (Å²) in [5.74, 6) is 0.148. The van der Waals surface area contributed by atoms with E-state index in [-0.39, 0.29) is 23.9 Å². The molecule has 2 aromatic carbocycles. The van der Waals surface area contributed by atoms with E-state index in [2.05, 4.69) is 10.4 Å². The average molecular weight is 372 g/mol. The van der Waals surface area contributed by atoms with Gasteiger partial charge >= 0.3 is 6.09 Å². The molecule has 0 saturated heterocycles. The van der Waals surface area contributed by atoms with E-state index in [0.29, 0.717) is 16.6 Å². The molecule has 1 heterocycles. The summed E-state index contributed by atoms with van der Waals surface area (Å²) in [6, 6.07) is 4.89. The number of rotatable bonds is 4. The van der Waals surface area contributed by atoms with Crippen molar-refractivity contribution in [3.63, 3.8) is 0 Å². The van der Waals surface area contributed by atoms with Crippen molar-refractivity contribution in [1.82, 2.24) is 9.78 Å². The van der Waals surface area contributed by atoms with Crippen LogP contribution in [-0.2, 0) is 4.74 Å². The smallest absolute Gasteiger partial charge is 0.435 e. The Morgan fingerprint density at radius 2 is 1.96 bits per heavy atom. The van der Waals surface area contributed by atoms with Crippen molar-refractivity contribution in [2.45, 2.75) is 33.3 Å². The first-order valence-corrected chi connectivity index (χ1v) is 8.37. The summed E-state index contributed by atoms with van der Waals surface area (Å²) in [7, 11) is 0. The van der Waals surface area contributed by atoms with Gasteiger partial charge in [0.25, 0.3) is 10.9 Å². The van der Waals surface area contributed by atoms with Gasteiger partial charge in [-0.05, 0) is 45.9 Å². The van der Waals surface area contributed by atoms with E-state index in [4.69, 9.17) is 15.2 Å². The molecule has 0 aliphatic carbocycles. The van der Waals surface area contributed by atoms with E-state index in [1.54, 1.807) is 45.9 Å². The number of nitrogens with one attached hydrogen (secondary N) is 1. The molecule has 3 rings (SSSR count). The summed E-state index contributed by atoms with van der Waals surface area (Å²) in [4.78, 5) is 35.6. The van der Waals surface area contributed by atoms with Gasteiger partial charge in [-0.1, -0.05) is 0 Å². The van der Waals surface area contributed by atoms with Gasteiger partial charge in [0.1, 0.15) is 11.3 Å². The summed E-state index contributed by atoms with van der Waals surface area (Å²) >= 11 is 0. The SMILES string of the molecule is CCOc1c(Nc2ccc3c(c2)c(N)nn3C(=O)OC(C)(C)C)c(=O)c1=O. The van der Waals surface area contributed by atoms with Crippen LogP contribution in [0.3, 0.4) is 0 Å². The average Bonchev–Trinajstić information content (AvgIpc) is 2.93. The highest BCUT2D eigenvalue weighted by molar-refractivity contribution is 5.97. The fraction of sp³-hybridized carbons (Fsp3) is 0.333. The molecule has 3 aromatic rings. The molecule has 0 spiro atoms. The van der Waals surface area contributed by atoms with Crippen molar-refractivity contribution in [2.75, 3.05) is 17.7 Å². The molecule has 9 heteroatoms. The molecule has 0 aliphatic rings. The molecular formula is C18H20N4O5. The topological polar surface area (TPSA) is 126 Å². The lowest BCUT2D eigenvalue weighted by atomic mass is 10.2. The molecular weight excluding hydrogens is 352 g/mol. The molecule has 0 amide bonds. The van der Waals surface area contributed by atoms with Crippen LogP contribution in [0.2, 0.25) is 0 Å². The second-order valence-corrected chi connectivity index (χ2v) is 6.93. The van der Waals surface area contributed by atoms with Crippen molar-refractivity contribution in [2.24, 2.45) is 0 Å². The number of carbonyl (C=O) groups is 1. The van der Waals surface area contributed by atoms with Crippen molar-refractivity contribution in [1.29, 1.82) is 0 Å². The van der Waals surface area contributed by atoms with E-state index < -0.39 is 22.6 Å². The van der Waals surface area contributed by atoms with Gasteiger partial charge in [-0.2, -0.15) is 4.68 Å². The molecule has 142 valence electrons. The molecule has 9 nitrogen and oxygen atoms in total. The Bertz CT molecular complexity index is 1100. The zero-order valence-corrected chi connectivity index (χ0v) is 15.5. The van der Waals surface area contributed by atoms with Gasteiger partial charge in [-0.25, -0.2) is 4.79 Å². The maximum atomic E-state index is 12.3. The quantitative estimate of drug-likeness (QED) is 0.667. The van der Waals surface area contributed by atoms with E-state index in [0.717, 1.165) is 4.68 Å². The molecule has 1 aromatic heterocycles. The summed E-state index contributed by atoms with van der Waals surface area (Å²) in [6.45, 7) is 7.25. The van der Waals surface area contributed by atoms with Crippen molar-refractivity contribution in [3.8, 4) is 5.75 Å². The van der Waals surface area contributed by atoms with Crippen LogP contribution in [-0.4, -0.2) is 28.1 Å². The maximum Gasteiger partial charge on any atom is 0.435 e. The third-order valence-corrected chi connectivity index (χ3v) is 3.70. The minimum Gasteiger partial charge on any atom is -0.488 e. The fourth-order valence-electron chi connectivity index (χ4n) is 2.57. The Hall–Kier alpha value is -3.36. The fourth-order valence-corrected chi connectivity index (χ4v) is 2.57. The molecule has 0 radical (unpaired) electrons. The largest absolute Gasteiger partial charge is 0.488 e. The Morgan fingerprint density at radius 3 is 2.59 bits per heavy atom. The molecule has 0 unspecified atom stereocenters. The summed E-state index contributed by atoms with van der Waals surface area (Å²) < 4.78 is 11.6. The first kappa shape index (κ1) is 18.4. The number of ether oxygens (including phenoxy) is 2. The predicted molar refractivity (Wildman–Crippen MR) is 102 cm³/mol. The van der Waals surface area contributed by atoms with E-state index >= 15 is 0 Å². The second kappa shape index (κ2) is 6.42. The molecule has 0 bridgehead atoms. The number of nitrogen functional groups attached to an aromatic ring is 1. The summed E-state index contributed by atoms with van der Waals surface area (Å²) in [6.07, 6.45) is -0.647. The normalized spacial score (nSPS) is 11.7. The van der Waals surface area contributed by atoms with Gasteiger partial charge in [0.2, 0.25) is 0 Å². The van der Waals surface area contributed by atoms with Crippen LogP contribution >= 0.6 is 0 Å². The van der Waals surface area contributed by atoms with Gasteiger partial charge in [0.05, 0.1) is 12.1 Å². The van der Waals surface area contributed by atoms with Gasteiger partial charge in [-0.3, -0.25) is 9.59 Å². The third kappa shape index (κ3) is 3.35. The predicted octanol–water partition coefficient (Wildman–Crippen LogP) is 2.14. The number of hydrogen-bond acceptors (Lipinski definition) is 8. The van der Waals surface area contributed by atoms with Crippen molar-refractivity contribution >= 4 is 34.2 Å². The number of hydrogen-bond donors (Lipinski definition) is 2. The van der Waals surface area contributed by atoms with Crippen LogP contribution in [0.4, 0.5) is 22.0 Å². The number of nitrogens with two attached hydrogens (primary N) is 1. The van der Waals surface area contributed by atoms with Crippen LogP contribution in [0, 0.1) is 0 Å². The first-order chi connectivity index (χ1) is 12.6. The standard InChI is InChI=1S/C18H20N4O5/c1-5-26-15-12(13(23)14(15)24)20-9-6-7-11-10(8-9)16(19)21-22(11)17(25)27-18(2,3)4/h6-8,20H,5H2,1-4H3,(H2,19,21). The van der Waals surface area contributed by atoms with Crippen molar-refractivity contribution < 1.29 is 14.3 Å². The number of aromatic nitrogens is 2. The number of benzene rings is 1. The molecule has 0 aliphatic heterocycles. The Balaban J connectivity index is 1.95. The monoisotopic (exact) mass is 372 g/mol. The van der Waals surface area contributed by atoms with E-state index in [1.807, 2.05) is 0 Å². The Kier molecular flexibility index (Phi) is 4.38. The zero-order chi connectivity index (χ0) is 19.9. The minimum atomic E-state index is -0.676. The lowest BCUT2D eigenvalue weighted by Crippen LogP contribution is -2.35. The highest BCUT2D eigenvalue weighted by atomic mass is 16.6. The van der Waals surface area contributed by atoms with Crippen LogP contribution < -0.4 is 26.6 Å². The Morgan fingerprint density at radius 1 is 1.26 bits per heavy atom. The minimum absolute atomic E-state index is 0.0139. The van der Waals surface area contributed by atoms with Gasteiger partial charge in [-0.15, -0.1) is 5.10 Å². The summed E-state index contributed by atoms with van der Waals surface area (Å²) in [5, 5.41) is 7.40. The zero-order valence-electron chi connectivity index (χ0n) is 15.5. The maximum absolute atomic E-state index is 12.3. The molecule has 27 heavy (non-hydrogen) atoms. The van der Waals surface area contributed by atoms with Crippen LogP contribution in [0.25, 0.3) is 10.9 Å². The molecule has 0 fully saturated rings. The summed E-state index contributed by atoms with van der Waals surface area (Å²) in [5.41, 5.74) is 5.01. The number of carbonyl (C=O) groups excluding carboxylic acids is 1. The van der Waals surface area contributed by atoms with Gasteiger partial charge in [0.15, 0.2) is 11.6 Å². The van der Waals surface area contributed by atoms with Crippen LogP contribution in [0.15, 0.2) is 27.8 Å². The van der Waals surface area contributed by atoms with Crippen LogP contribution in [0.5, 0.6) is 5.75 Å². The highest BCUT2D eigenvalue weighted by Crippen LogP contribution is 2.28. The highest BCUT2D eigenvalue weighted by Gasteiger charge is 2.24. The Labute approximate surface area is 154 Å². The third-order valence-electron chi connectivity index (χ3n) is 3.70. The first-order valence-electron chi connectivity index (χ1n) is 8.37. The number of nitrogens with zero attached hydrogens (tertiary/aromatic N) is 2. The van der Waals surface area contributed by atoms with E-state index in [9.17, 15) is 14.4 Å². The molecule has 0 saturated carbocycles. The number of fused-ring (bicyclic) bond motifs is 1. The van der Waals surface area contributed by atoms with Crippen LogP contribution in [0.1, 0.15) is 27.7 Å².